The standard InChI is InChI=1S/C8H16O4S/c1-5-7(10)8(11)6(12-5)4-13-3-2-9/h5-11H,2-4H2,1H3/t5-,6+,7+,8?/m0/s1. The summed E-state index contributed by atoms with van der Waals surface area (Å²) in [5.74, 6) is 1.25. The first-order valence-electron chi connectivity index (χ1n) is 4.37. The molecule has 3 N–H and O–H groups in total. The Bertz CT molecular complexity index is 155. The largest absolute Gasteiger partial charge is 0.396 e. The SMILES string of the molecule is C[C@@H]1O[C@H](CSCCO)C(O)[C@@H]1O. The van der Waals surface area contributed by atoms with Gasteiger partial charge >= 0.3 is 0 Å². The number of hydrogen-bond acceptors (Lipinski definition) is 5. The zero-order valence-corrected chi connectivity index (χ0v) is 8.41. The number of aliphatic hydroxyl groups excluding tert-OH is 3. The molecule has 4 nitrogen and oxygen atoms in total. The van der Waals surface area contributed by atoms with Gasteiger partial charge in [-0.05, 0) is 6.92 Å². The highest BCUT2D eigenvalue weighted by atomic mass is 32.2. The van der Waals surface area contributed by atoms with Crippen molar-refractivity contribution in [1.82, 2.24) is 0 Å². The molecule has 0 aromatic rings. The molecule has 5 heteroatoms. The van der Waals surface area contributed by atoms with Crippen LogP contribution in [0.2, 0.25) is 0 Å². The summed E-state index contributed by atoms with van der Waals surface area (Å²) in [5, 5.41) is 27.4. The van der Waals surface area contributed by atoms with Crippen LogP contribution >= 0.6 is 11.8 Å². The minimum atomic E-state index is -0.791. The highest BCUT2D eigenvalue weighted by molar-refractivity contribution is 7.99. The summed E-state index contributed by atoms with van der Waals surface area (Å²) >= 11 is 1.51. The van der Waals surface area contributed by atoms with Crippen molar-refractivity contribution in [2.24, 2.45) is 0 Å². The summed E-state index contributed by atoms with van der Waals surface area (Å²) in [6, 6.07) is 0. The van der Waals surface area contributed by atoms with Gasteiger partial charge in [-0.2, -0.15) is 11.8 Å². The van der Waals surface area contributed by atoms with Gasteiger partial charge in [-0.1, -0.05) is 0 Å². The van der Waals surface area contributed by atoms with E-state index in [2.05, 4.69) is 0 Å². The third-order valence-corrected chi connectivity index (χ3v) is 3.15. The Morgan fingerprint density at radius 3 is 2.46 bits per heavy atom. The van der Waals surface area contributed by atoms with E-state index < -0.39 is 12.2 Å². The number of aliphatic hydroxyl groups is 3. The molecule has 0 radical (unpaired) electrons. The Morgan fingerprint density at radius 1 is 1.31 bits per heavy atom. The lowest BCUT2D eigenvalue weighted by Gasteiger charge is -2.13. The van der Waals surface area contributed by atoms with Crippen LogP contribution in [0.4, 0.5) is 0 Å². The molecule has 1 aliphatic heterocycles. The maximum absolute atomic E-state index is 9.48. The van der Waals surface area contributed by atoms with Crippen LogP contribution in [-0.4, -0.2) is 57.8 Å². The Labute approximate surface area is 81.9 Å². The maximum Gasteiger partial charge on any atom is 0.109 e. The number of rotatable bonds is 4. The molecule has 1 fully saturated rings. The Hall–Kier alpha value is 0.190. The molecule has 0 aliphatic carbocycles. The van der Waals surface area contributed by atoms with Crippen molar-refractivity contribution in [3.63, 3.8) is 0 Å². The highest BCUT2D eigenvalue weighted by Crippen LogP contribution is 2.23. The van der Waals surface area contributed by atoms with Crippen molar-refractivity contribution < 1.29 is 20.1 Å². The molecule has 0 amide bonds. The molecule has 4 atom stereocenters. The van der Waals surface area contributed by atoms with Crippen molar-refractivity contribution in [2.75, 3.05) is 18.1 Å². The van der Waals surface area contributed by atoms with Gasteiger partial charge in [0.25, 0.3) is 0 Å². The second-order valence-electron chi connectivity index (χ2n) is 3.16. The predicted octanol–water partition coefficient (Wildman–Crippen LogP) is -0.779. The van der Waals surface area contributed by atoms with Crippen LogP contribution in [-0.2, 0) is 4.74 Å². The van der Waals surface area contributed by atoms with Crippen LogP contribution in [0.5, 0.6) is 0 Å². The normalized spacial score (nSPS) is 39.7. The van der Waals surface area contributed by atoms with Gasteiger partial charge < -0.3 is 20.1 Å². The third kappa shape index (κ3) is 2.82. The molecule has 1 aliphatic rings. The summed E-state index contributed by atoms with van der Waals surface area (Å²) in [7, 11) is 0. The van der Waals surface area contributed by atoms with Gasteiger partial charge in [-0.25, -0.2) is 0 Å². The molecule has 0 saturated carbocycles. The third-order valence-electron chi connectivity index (χ3n) is 2.12. The number of ether oxygens (including phenoxy) is 1. The zero-order chi connectivity index (χ0) is 9.84. The van der Waals surface area contributed by atoms with Crippen LogP contribution in [0.1, 0.15) is 6.92 Å². The van der Waals surface area contributed by atoms with E-state index in [1.807, 2.05) is 0 Å². The fraction of sp³-hybridized carbons (Fsp3) is 1.00. The number of hydrogen-bond donors (Lipinski definition) is 3. The molecule has 1 rings (SSSR count). The van der Waals surface area contributed by atoms with E-state index in [-0.39, 0.29) is 18.8 Å². The Morgan fingerprint density at radius 2 is 2.00 bits per heavy atom. The highest BCUT2D eigenvalue weighted by Gasteiger charge is 2.39. The van der Waals surface area contributed by atoms with Gasteiger partial charge in [0, 0.05) is 11.5 Å². The summed E-state index contributed by atoms with van der Waals surface area (Å²) < 4.78 is 5.33. The first-order chi connectivity index (χ1) is 6.16. The molecule has 0 spiro atoms. The van der Waals surface area contributed by atoms with E-state index in [1.165, 1.54) is 11.8 Å². The van der Waals surface area contributed by atoms with E-state index in [0.717, 1.165) is 0 Å². The van der Waals surface area contributed by atoms with Gasteiger partial charge in [0.1, 0.15) is 12.2 Å². The Kier molecular flexibility index (Phi) is 4.48. The van der Waals surface area contributed by atoms with Gasteiger partial charge in [0.2, 0.25) is 0 Å². The predicted molar refractivity (Wildman–Crippen MR) is 50.8 cm³/mol. The van der Waals surface area contributed by atoms with Crippen molar-refractivity contribution in [2.45, 2.75) is 31.3 Å². The van der Waals surface area contributed by atoms with Crippen LogP contribution in [0.3, 0.4) is 0 Å². The lowest BCUT2D eigenvalue weighted by Crippen LogP contribution is -2.32. The van der Waals surface area contributed by atoms with E-state index in [0.29, 0.717) is 11.5 Å². The van der Waals surface area contributed by atoms with E-state index in [9.17, 15) is 10.2 Å². The second-order valence-corrected chi connectivity index (χ2v) is 4.31. The quantitative estimate of drug-likeness (QED) is 0.529. The van der Waals surface area contributed by atoms with Crippen LogP contribution in [0, 0.1) is 0 Å². The molecular weight excluding hydrogens is 192 g/mol. The number of thioether (sulfide) groups is 1. The molecular formula is C8H16O4S. The van der Waals surface area contributed by atoms with Crippen molar-refractivity contribution in [1.29, 1.82) is 0 Å². The molecule has 78 valence electrons. The molecule has 1 heterocycles. The zero-order valence-electron chi connectivity index (χ0n) is 7.59. The van der Waals surface area contributed by atoms with Gasteiger partial charge in [0.05, 0.1) is 18.8 Å². The molecule has 0 bridgehead atoms. The van der Waals surface area contributed by atoms with Crippen molar-refractivity contribution >= 4 is 11.8 Å². The molecule has 1 unspecified atom stereocenters. The minimum Gasteiger partial charge on any atom is -0.396 e. The van der Waals surface area contributed by atoms with Crippen molar-refractivity contribution in [3.05, 3.63) is 0 Å². The van der Waals surface area contributed by atoms with Crippen LogP contribution in [0.25, 0.3) is 0 Å². The van der Waals surface area contributed by atoms with E-state index in [1.54, 1.807) is 6.92 Å². The van der Waals surface area contributed by atoms with Gasteiger partial charge in [0.15, 0.2) is 0 Å². The smallest absolute Gasteiger partial charge is 0.109 e. The molecule has 13 heavy (non-hydrogen) atoms. The summed E-state index contributed by atoms with van der Waals surface area (Å²) in [6.45, 7) is 1.87. The summed E-state index contributed by atoms with van der Waals surface area (Å²) in [6.07, 6.45) is -2.17. The summed E-state index contributed by atoms with van der Waals surface area (Å²) in [5.41, 5.74) is 0. The van der Waals surface area contributed by atoms with Crippen LogP contribution in [0.15, 0.2) is 0 Å². The first kappa shape index (κ1) is 11.3. The first-order valence-corrected chi connectivity index (χ1v) is 5.52. The topological polar surface area (TPSA) is 69.9 Å². The maximum atomic E-state index is 9.48. The van der Waals surface area contributed by atoms with Gasteiger partial charge in [-0.15, -0.1) is 0 Å². The molecule has 0 aromatic carbocycles. The lowest BCUT2D eigenvalue weighted by molar-refractivity contribution is 0.0302. The monoisotopic (exact) mass is 208 g/mol. The average molecular weight is 208 g/mol. The fourth-order valence-corrected chi connectivity index (χ4v) is 2.14. The molecule has 0 aromatic heterocycles. The van der Waals surface area contributed by atoms with E-state index >= 15 is 0 Å². The van der Waals surface area contributed by atoms with Crippen molar-refractivity contribution in [3.8, 4) is 0 Å². The van der Waals surface area contributed by atoms with E-state index in [4.69, 9.17) is 9.84 Å². The summed E-state index contributed by atoms with van der Waals surface area (Å²) in [4.78, 5) is 0. The molecule has 1 saturated heterocycles. The van der Waals surface area contributed by atoms with Crippen LogP contribution < -0.4 is 0 Å². The van der Waals surface area contributed by atoms with Gasteiger partial charge in [-0.3, -0.25) is 0 Å². The fourth-order valence-electron chi connectivity index (χ4n) is 1.34. The second kappa shape index (κ2) is 5.17. The minimum absolute atomic E-state index is 0.131. The Balaban J connectivity index is 2.27. The average Bonchev–Trinajstić information content (AvgIpc) is 2.34. The lowest BCUT2D eigenvalue weighted by atomic mass is 10.1.